The lowest BCUT2D eigenvalue weighted by molar-refractivity contribution is -0.156. The van der Waals surface area contributed by atoms with Crippen molar-refractivity contribution in [2.75, 3.05) is 25.6 Å². The Labute approximate surface area is 254 Å². The minimum Gasteiger partial charge on any atom is -0.464 e. The van der Waals surface area contributed by atoms with Crippen molar-refractivity contribution in [1.29, 1.82) is 0 Å². The maximum atomic E-state index is 15.3. The van der Waals surface area contributed by atoms with E-state index in [1.807, 2.05) is 41.5 Å². The van der Waals surface area contributed by atoms with Crippen LogP contribution in [0.2, 0.25) is 0 Å². The number of carbonyl (C=O) groups is 2. The highest BCUT2D eigenvalue weighted by Crippen LogP contribution is 2.49. The van der Waals surface area contributed by atoms with E-state index in [0.717, 1.165) is 10.9 Å². The van der Waals surface area contributed by atoms with Crippen LogP contribution >= 0.6 is 7.67 Å². The van der Waals surface area contributed by atoms with Crippen molar-refractivity contribution in [3.05, 3.63) is 33.2 Å². The molecule has 1 saturated heterocycles. The zero-order valence-electron chi connectivity index (χ0n) is 26.0. The molecule has 0 radical (unpaired) electrons. The molecule has 0 bridgehead atoms. The van der Waals surface area contributed by atoms with Crippen LogP contribution in [0.25, 0.3) is 10.4 Å². The average Bonchev–Trinajstić information content (AvgIpc) is 3.13. The predicted molar refractivity (Wildman–Crippen MR) is 155 cm³/mol. The monoisotopic (exact) mass is 648 g/mol. The van der Waals surface area contributed by atoms with E-state index >= 15 is 4.39 Å². The molecule has 2 heterocycles. The number of aliphatic hydroxyl groups is 1. The second kappa shape index (κ2) is 13.9. The number of esters is 2. The van der Waals surface area contributed by atoms with E-state index in [1.165, 1.54) is 19.9 Å². The topological polar surface area (TPSA) is 247 Å². The van der Waals surface area contributed by atoms with E-state index in [4.69, 9.17) is 30.0 Å². The number of hydrogen-bond donors (Lipinski definition) is 3. The van der Waals surface area contributed by atoms with Crippen molar-refractivity contribution in [2.45, 2.75) is 91.7 Å². The van der Waals surface area contributed by atoms with Crippen LogP contribution in [0.1, 0.15) is 61.6 Å². The highest BCUT2D eigenvalue weighted by molar-refractivity contribution is 7.54. The number of azide groups is 1. The van der Waals surface area contributed by atoms with Crippen molar-refractivity contribution in [3.63, 3.8) is 0 Å². The Morgan fingerprint density at radius 1 is 1.23 bits per heavy atom. The normalized spacial score (nSPS) is 25.0. The van der Waals surface area contributed by atoms with Gasteiger partial charge in [0.05, 0.1) is 19.8 Å². The molecule has 1 aromatic rings. The second-order valence-corrected chi connectivity index (χ2v) is 14.7. The number of nitrogen functional groups attached to an aromatic ring is 1. The Morgan fingerprint density at radius 3 is 2.16 bits per heavy atom. The van der Waals surface area contributed by atoms with Gasteiger partial charge in [0.1, 0.15) is 24.0 Å². The van der Waals surface area contributed by atoms with Crippen molar-refractivity contribution in [2.24, 2.45) is 21.4 Å². The molecule has 1 aliphatic rings. The van der Waals surface area contributed by atoms with E-state index in [0.29, 0.717) is 4.57 Å². The molecule has 17 nitrogen and oxygen atoms in total. The molecular formula is C25H42FN8O9P. The molecule has 5 N–H and O–H groups in total. The van der Waals surface area contributed by atoms with Gasteiger partial charge in [-0.2, -0.15) is 9.65 Å². The van der Waals surface area contributed by atoms with Gasteiger partial charge in [0.2, 0.25) is 5.72 Å². The van der Waals surface area contributed by atoms with E-state index < -0.39 is 79.0 Å². The first kappa shape index (κ1) is 37.1. The number of nitrogens with zero attached hydrogens (tertiary/aromatic N) is 6. The fourth-order valence-corrected chi connectivity index (χ4v) is 5.64. The summed E-state index contributed by atoms with van der Waals surface area (Å²) in [5.74, 6) is -1.96. The molecule has 0 amide bonds. The van der Waals surface area contributed by atoms with Crippen LogP contribution in [-0.2, 0) is 32.9 Å². The summed E-state index contributed by atoms with van der Waals surface area (Å²) in [5.41, 5.74) is 16.3. The van der Waals surface area contributed by atoms with Gasteiger partial charge in [-0.05, 0) is 36.3 Å². The van der Waals surface area contributed by atoms with Gasteiger partial charge >= 0.3 is 25.3 Å². The van der Waals surface area contributed by atoms with Gasteiger partial charge in [0.25, 0.3) is 0 Å². The third-order valence-corrected chi connectivity index (χ3v) is 8.09. The fourth-order valence-electron chi connectivity index (χ4n) is 3.99. The number of aliphatic hydroxyl groups excluding tert-OH is 1. The molecule has 1 unspecified atom stereocenters. The Morgan fingerprint density at radius 2 is 1.73 bits per heavy atom. The largest absolute Gasteiger partial charge is 0.464 e. The summed E-state index contributed by atoms with van der Waals surface area (Å²) in [5, 5.41) is 14.1. The minimum atomic E-state index is -4.79. The number of halogens is 1. The number of alkyl halides is 1. The number of aromatic nitrogens is 2. The Balaban J connectivity index is 2.44. The first-order chi connectivity index (χ1) is 20.0. The molecule has 19 heteroatoms. The SMILES string of the molecule is C[C@@H](C(=O)OCC(C)(C)C)N([C@@H](C)C(=O)OCC(C)(C)C)P(N)(=O)OC[C@@]1(N=[N+]=[N-])O[C@@H](n2ccc(N)nc2=O)[C@H](F)[C@@H]1O. The molecule has 0 spiro atoms. The standard InChI is InChI=1S/C25H42FN8O9P/c1-14(20(36)40-11-23(3,4)5)34(15(2)21(37)41-12-24(6,7)8)44(29,39)42-13-25(31-32-28)18(35)17(26)19(43-25)33-10-9-16(27)30-22(33)38/h9-10,14-15,17-19,35H,11-13H2,1-8H3,(H2,29,39)(H2,27,30,38)/t14-,15-,17+,18-,19+,25+,44?/m0/s1. The zero-order chi connectivity index (χ0) is 33.8. The molecule has 0 saturated carbocycles. The summed E-state index contributed by atoms with van der Waals surface area (Å²) in [7, 11) is -4.79. The number of carbonyl (C=O) groups excluding carboxylic acids is 2. The smallest absolute Gasteiger partial charge is 0.351 e. The fraction of sp³-hybridized carbons (Fsp3) is 0.760. The zero-order valence-corrected chi connectivity index (χ0v) is 26.9. The van der Waals surface area contributed by atoms with Crippen LogP contribution in [0.3, 0.4) is 0 Å². The van der Waals surface area contributed by atoms with Gasteiger partial charge in [-0.3, -0.25) is 18.7 Å². The van der Waals surface area contributed by atoms with Crippen molar-refractivity contribution in [3.8, 4) is 0 Å². The molecule has 1 fully saturated rings. The third-order valence-electron chi connectivity index (χ3n) is 6.25. The van der Waals surface area contributed by atoms with Crippen LogP contribution in [0.15, 0.2) is 22.2 Å². The Bertz CT molecular complexity index is 1320. The summed E-state index contributed by atoms with van der Waals surface area (Å²) in [6.45, 7) is 12.2. The van der Waals surface area contributed by atoms with Gasteiger partial charge < -0.3 is 29.6 Å². The van der Waals surface area contributed by atoms with Gasteiger partial charge in [-0.1, -0.05) is 46.7 Å². The highest BCUT2D eigenvalue weighted by atomic mass is 31.2. The summed E-state index contributed by atoms with van der Waals surface area (Å²) in [6.07, 6.45) is -5.46. The first-order valence-corrected chi connectivity index (χ1v) is 15.3. The maximum absolute atomic E-state index is 15.3. The van der Waals surface area contributed by atoms with Crippen molar-refractivity contribution < 1.29 is 42.4 Å². The molecule has 0 aliphatic carbocycles. The lowest BCUT2D eigenvalue weighted by atomic mass is 9.99. The number of hydrogen-bond acceptors (Lipinski definition) is 12. The van der Waals surface area contributed by atoms with Gasteiger partial charge in [-0.25, -0.2) is 14.7 Å². The molecule has 44 heavy (non-hydrogen) atoms. The molecule has 1 aliphatic heterocycles. The molecular weight excluding hydrogens is 606 g/mol. The Hall–Kier alpha value is -3.11. The number of nitrogens with two attached hydrogens (primary N) is 2. The van der Waals surface area contributed by atoms with Crippen molar-refractivity contribution >= 4 is 25.4 Å². The molecule has 0 aromatic carbocycles. The lowest BCUT2D eigenvalue weighted by Gasteiger charge is -2.37. The van der Waals surface area contributed by atoms with E-state index in [1.54, 1.807) is 0 Å². The predicted octanol–water partition coefficient (Wildman–Crippen LogP) is 2.40. The van der Waals surface area contributed by atoms with Gasteiger partial charge in [0.15, 0.2) is 12.4 Å². The number of rotatable bonds is 12. The maximum Gasteiger partial charge on any atom is 0.351 e. The van der Waals surface area contributed by atoms with E-state index in [9.17, 15) is 29.6 Å². The van der Waals surface area contributed by atoms with Crippen LogP contribution < -0.4 is 16.9 Å². The first-order valence-electron chi connectivity index (χ1n) is 13.6. The molecule has 7 atom stereocenters. The van der Waals surface area contributed by atoms with Crippen molar-refractivity contribution in [1.82, 2.24) is 14.2 Å². The summed E-state index contributed by atoms with van der Waals surface area (Å²) in [4.78, 5) is 44.4. The Kier molecular flexibility index (Phi) is 11.7. The van der Waals surface area contributed by atoms with Crippen LogP contribution in [0, 0.1) is 10.8 Å². The number of anilines is 1. The summed E-state index contributed by atoms with van der Waals surface area (Å²) >= 11 is 0. The van der Waals surface area contributed by atoms with E-state index in [-0.39, 0.29) is 19.0 Å². The second-order valence-electron chi connectivity index (χ2n) is 12.9. The lowest BCUT2D eigenvalue weighted by Crippen LogP contribution is -2.50. The van der Waals surface area contributed by atoms with Gasteiger partial charge in [-0.15, -0.1) is 0 Å². The quantitative estimate of drug-likeness (QED) is 0.0969. The third kappa shape index (κ3) is 9.20. The molecule has 1 aromatic heterocycles. The summed E-state index contributed by atoms with van der Waals surface area (Å²) < 4.78 is 52.3. The van der Waals surface area contributed by atoms with Crippen LogP contribution in [-0.4, -0.2) is 81.2 Å². The minimum absolute atomic E-state index is 0.0265. The molecule has 2 rings (SSSR count). The average molecular weight is 649 g/mol. The summed E-state index contributed by atoms with van der Waals surface area (Å²) in [6, 6.07) is -1.73. The number of ether oxygens (including phenoxy) is 3. The van der Waals surface area contributed by atoms with Crippen LogP contribution in [0.4, 0.5) is 10.2 Å². The van der Waals surface area contributed by atoms with Crippen LogP contribution in [0.5, 0.6) is 0 Å². The van der Waals surface area contributed by atoms with E-state index in [2.05, 4.69) is 15.0 Å². The highest BCUT2D eigenvalue weighted by Gasteiger charge is 2.58. The van der Waals surface area contributed by atoms with Gasteiger partial charge in [0, 0.05) is 11.1 Å². The molecule has 248 valence electrons.